The highest BCUT2D eigenvalue weighted by molar-refractivity contribution is 7.09. The van der Waals surface area contributed by atoms with Gasteiger partial charge in [-0.25, -0.2) is 9.78 Å². The molecule has 0 aliphatic carbocycles. The first-order valence-corrected chi connectivity index (χ1v) is 7.71. The number of amides is 2. The van der Waals surface area contributed by atoms with Crippen LogP contribution in [0.15, 0.2) is 29.6 Å². The molecule has 6 nitrogen and oxygen atoms in total. The lowest BCUT2D eigenvalue weighted by Crippen LogP contribution is -2.37. The molecule has 0 fully saturated rings. The van der Waals surface area contributed by atoms with Crippen LogP contribution in [-0.2, 0) is 6.54 Å². The third-order valence-electron chi connectivity index (χ3n) is 3.05. The van der Waals surface area contributed by atoms with Gasteiger partial charge in [-0.05, 0) is 13.0 Å². The zero-order valence-electron chi connectivity index (χ0n) is 12.5. The Balaban J connectivity index is 1.80. The molecule has 1 atom stereocenters. The van der Waals surface area contributed by atoms with Crippen LogP contribution in [0.3, 0.4) is 0 Å². The largest absolute Gasteiger partial charge is 0.496 e. The Morgan fingerprint density at radius 1 is 1.41 bits per heavy atom. The summed E-state index contributed by atoms with van der Waals surface area (Å²) in [6.07, 6.45) is -0.830. The quantitative estimate of drug-likeness (QED) is 0.760. The molecule has 22 heavy (non-hydrogen) atoms. The number of aliphatic hydroxyl groups is 1. The molecule has 0 aliphatic rings. The number of carbonyl (C=O) groups excluding carboxylic acids is 1. The molecule has 0 unspecified atom stereocenters. The van der Waals surface area contributed by atoms with Crippen LogP contribution in [0.1, 0.15) is 22.4 Å². The van der Waals surface area contributed by atoms with Crippen molar-refractivity contribution < 1.29 is 14.6 Å². The number of aromatic nitrogens is 1. The van der Waals surface area contributed by atoms with Gasteiger partial charge in [0.2, 0.25) is 0 Å². The number of hydrogen-bond acceptors (Lipinski definition) is 5. The van der Waals surface area contributed by atoms with E-state index in [1.54, 1.807) is 19.2 Å². The molecule has 0 spiro atoms. The number of urea groups is 1. The number of nitrogens with one attached hydrogen (secondary N) is 2. The summed E-state index contributed by atoms with van der Waals surface area (Å²) in [6, 6.07) is 6.82. The fourth-order valence-electron chi connectivity index (χ4n) is 1.96. The molecule has 2 aromatic rings. The molecule has 118 valence electrons. The molecule has 3 N–H and O–H groups in total. The van der Waals surface area contributed by atoms with E-state index in [9.17, 15) is 9.90 Å². The fraction of sp³-hybridized carbons (Fsp3) is 0.333. The van der Waals surface area contributed by atoms with Gasteiger partial charge in [0.15, 0.2) is 0 Å². The van der Waals surface area contributed by atoms with Crippen LogP contribution in [0, 0.1) is 6.92 Å². The average molecular weight is 321 g/mol. The number of methoxy groups -OCH3 is 1. The Hall–Kier alpha value is -2.12. The number of aliphatic hydroxyl groups excluding tert-OH is 1. The van der Waals surface area contributed by atoms with Gasteiger partial charge in [0.25, 0.3) is 0 Å². The predicted molar refractivity (Wildman–Crippen MR) is 85.0 cm³/mol. The van der Waals surface area contributed by atoms with E-state index in [0.717, 1.165) is 10.7 Å². The molecule has 0 radical (unpaired) electrons. The maximum atomic E-state index is 11.7. The van der Waals surface area contributed by atoms with Crippen LogP contribution in [0.4, 0.5) is 4.79 Å². The van der Waals surface area contributed by atoms with Gasteiger partial charge in [0.1, 0.15) is 5.75 Å². The number of hydrogen-bond donors (Lipinski definition) is 3. The Labute approximate surface area is 133 Å². The van der Waals surface area contributed by atoms with E-state index < -0.39 is 6.10 Å². The second kappa shape index (κ2) is 7.77. The van der Waals surface area contributed by atoms with Gasteiger partial charge in [-0.15, -0.1) is 11.3 Å². The van der Waals surface area contributed by atoms with Gasteiger partial charge < -0.3 is 20.5 Å². The minimum atomic E-state index is -0.830. The van der Waals surface area contributed by atoms with E-state index in [0.29, 0.717) is 17.9 Å². The van der Waals surface area contributed by atoms with Gasteiger partial charge in [-0.1, -0.05) is 18.2 Å². The molecule has 1 aromatic heterocycles. The zero-order chi connectivity index (χ0) is 15.9. The van der Waals surface area contributed by atoms with E-state index in [-0.39, 0.29) is 12.6 Å². The number of para-hydroxylation sites is 1. The van der Waals surface area contributed by atoms with Gasteiger partial charge in [0, 0.05) is 17.5 Å². The van der Waals surface area contributed by atoms with Crippen LogP contribution in [0.5, 0.6) is 5.75 Å². The Morgan fingerprint density at radius 3 is 2.86 bits per heavy atom. The Morgan fingerprint density at radius 2 is 2.18 bits per heavy atom. The highest BCUT2D eigenvalue weighted by Gasteiger charge is 2.13. The van der Waals surface area contributed by atoms with E-state index in [1.165, 1.54) is 11.3 Å². The summed E-state index contributed by atoms with van der Waals surface area (Å²) in [5.74, 6) is 0.593. The number of nitrogens with zero attached hydrogens (tertiary/aromatic N) is 1. The number of carbonyl (C=O) groups is 1. The first-order valence-electron chi connectivity index (χ1n) is 6.84. The first kappa shape index (κ1) is 16.3. The van der Waals surface area contributed by atoms with Crippen molar-refractivity contribution in [3.63, 3.8) is 0 Å². The molecule has 0 aliphatic heterocycles. The summed E-state index contributed by atoms with van der Waals surface area (Å²) in [4.78, 5) is 16.0. The summed E-state index contributed by atoms with van der Waals surface area (Å²) in [5, 5.41) is 18.3. The number of benzene rings is 1. The van der Waals surface area contributed by atoms with Gasteiger partial charge in [0.05, 0.1) is 30.5 Å². The molecule has 0 saturated heterocycles. The van der Waals surface area contributed by atoms with Crippen LogP contribution >= 0.6 is 11.3 Å². The number of aryl methyl sites for hydroxylation is 1. The summed E-state index contributed by atoms with van der Waals surface area (Å²) < 4.78 is 5.19. The minimum Gasteiger partial charge on any atom is -0.496 e. The maximum absolute atomic E-state index is 11.7. The van der Waals surface area contributed by atoms with Crippen LogP contribution in [0.25, 0.3) is 0 Å². The van der Waals surface area contributed by atoms with E-state index in [4.69, 9.17) is 4.74 Å². The topological polar surface area (TPSA) is 83.5 Å². The van der Waals surface area contributed by atoms with Gasteiger partial charge >= 0.3 is 6.03 Å². The average Bonchev–Trinajstić information content (AvgIpc) is 2.96. The normalized spacial score (nSPS) is 11.8. The standard InChI is InChI=1S/C15H19N3O3S/c1-10-18-11(9-22-10)7-16-15(20)17-8-13(19)12-5-3-4-6-14(12)21-2/h3-6,9,13,19H,7-8H2,1-2H3,(H2,16,17,20)/t13-/m1/s1. The van der Waals surface area contributed by atoms with Crippen molar-refractivity contribution in [2.75, 3.05) is 13.7 Å². The van der Waals surface area contributed by atoms with E-state index in [2.05, 4.69) is 15.6 Å². The highest BCUT2D eigenvalue weighted by atomic mass is 32.1. The monoisotopic (exact) mass is 321 g/mol. The smallest absolute Gasteiger partial charge is 0.315 e. The summed E-state index contributed by atoms with van der Waals surface area (Å²) >= 11 is 1.54. The zero-order valence-corrected chi connectivity index (χ0v) is 13.3. The molecule has 2 rings (SSSR count). The third-order valence-corrected chi connectivity index (χ3v) is 3.87. The molecule has 2 amide bonds. The van der Waals surface area contributed by atoms with E-state index >= 15 is 0 Å². The molecule has 1 aromatic carbocycles. The van der Waals surface area contributed by atoms with Crippen molar-refractivity contribution >= 4 is 17.4 Å². The number of thiazole rings is 1. The summed E-state index contributed by atoms with van der Waals surface area (Å²) in [7, 11) is 1.54. The van der Waals surface area contributed by atoms with Crippen molar-refractivity contribution in [3.05, 3.63) is 45.9 Å². The minimum absolute atomic E-state index is 0.0995. The van der Waals surface area contributed by atoms with Crippen molar-refractivity contribution in [2.45, 2.75) is 19.6 Å². The molecular weight excluding hydrogens is 302 g/mol. The first-order chi connectivity index (χ1) is 10.6. The number of ether oxygens (including phenoxy) is 1. The van der Waals surface area contributed by atoms with E-state index in [1.807, 2.05) is 24.4 Å². The molecule has 1 heterocycles. The van der Waals surface area contributed by atoms with Crippen LogP contribution < -0.4 is 15.4 Å². The third kappa shape index (κ3) is 4.44. The number of rotatable bonds is 6. The Kier molecular flexibility index (Phi) is 5.74. The van der Waals surface area contributed by atoms with Crippen molar-refractivity contribution in [2.24, 2.45) is 0 Å². The van der Waals surface area contributed by atoms with Crippen molar-refractivity contribution in [1.82, 2.24) is 15.6 Å². The van der Waals surface area contributed by atoms with Gasteiger partial charge in [-0.2, -0.15) is 0 Å². The van der Waals surface area contributed by atoms with Crippen molar-refractivity contribution in [1.29, 1.82) is 0 Å². The van der Waals surface area contributed by atoms with Crippen LogP contribution in [-0.4, -0.2) is 29.8 Å². The lowest BCUT2D eigenvalue weighted by atomic mass is 10.1. The molecule has 0 bridgehead atoms. The highest BCUT2D eigenvalue weighted by Crippen LogP contribution is 2.23. The molecular formula is C15H19N3O3S. The van der Waals surface area contributed by atoms with Gasteiger partial charge in [-0.3, -0.25) is 0 Å². The molecule has 0 saturated carbocycles. The SMILES string of the molecule is COc1ccccc1[C@H](O)CNC(=O)NCc1csc(C)n1. The summed E-state index contributed by atoms with van der Waals surface area (Å²) in [5.41, 5.74) is 1.46. The van der Waals surface area contributed by atoms with Crippen molar-refractivity contribution in [3.8, 4) is 5.75 Å². The lowest BCUT2D eigenvalue weighted by Gasteiger charge is -2.15. The second-order valence-corrected chi connectivity index (χ2v) is 5.74. The fourth-order valence-corrected chi connectivity index (χ4v) is 2.58. The summed E-state index contributed by atoms with van der Waals surface area (Å²) in [6.45, 7) is 2.38. The second-order valence-electron chi connectivity index (χ2n) is 4.68. The maximum Gasteiger partial charge on any atom is 0.315 e. The van der Waals surface area contributed by atoms with Crippen LogP contribution in [0.2, 0.25) is 0 Å². The molecule has 7 heteroatoms. The predicted octanol–water partition coefficient (Wildman–Crippen LogP) is 1.99. The lowest BCUT2D eigenvalue weighted by molar-refractivity contribution is 0.169. The Bertz CT molecular complexity index is 630.